The molecule has 3 aromatic rings. The quantitative estimate of drug-likeness (QED) is 0.328. The van der Waals surface area contributed by atoms with Crippen molar-refractivity contribution < 1.29 is 31.8 Å². The molecule has 3 rings (SSSR count). The van der Waals surface area contributed by atoms with Crippen molar-refractivity contribution >= 4 is 5.97 Å². The number of nitrogens with zero attached hydrogens (tertiary/aromatic N) is 1. The Morgan fingerprint density at radius 2 is 1.21 bits per heavy atom. The summed E-state index contributed by atoms with van der Waals surface area (Å²) in [5.74, 6) is -1.84. The van der Waals surface area contributed by atoms with E-state index in [0.29, 0.717) is 18.1 Å². The lowest BCUT2D eigenvalue weighted by Crippen LogP contribution is -2.66. The molecular formula is C26H24F5NO2. The highest BCUT2D eigenvalue weighted by atomic mass is 19.4. The first-order chi connectivity index (χ1) is 16.2. The van der Waals surface area contributed by atoms with Crippen LogP contribution in [-0.2, 0) is 28.4 Å². The van der Waals surface area contributed by atoms with E-state index in [1.165, 1.54) is 30.3 Å². The summed E-state index contributed by atoms with van der Waals surface area (Å²) in [5.41, 5.74) is -5.37. The first-order valence-electron chi connectivity index (χ1n) is 10.5. The summed E-state index contributed by atoms with van der Waals surface area (Å²) in [6.45, 7) is -1.84. The van der Waals surface area contributed by atoms with Gasteiger partial charge in [0.1, 0.15) is 12.1 Å². The van der Waals surface area contributed by atoms with Gasteiger partial charge in [-0.05, 0) is 23.6 Å². The molecule has 180 valence electrons. The first kappa shape index (κ1) is 25.4. The zero-order valence-electron chi connectivity index (χ0n) is 18.4. The highest BCUT2D eigenvalue weighted by molar-refractivity contribution is 5.84. The summed E-state index contributed by atoms with van der Waals surface area (Å²) in [6, 6.07) is 23.7. The first-order valence-corrected chi connectivity index (χ1v) is 10.5. The van der Waals surface area contributed by atoms with Crippen LogP contribution in [0.25, 0.3) is 0 Å². The highest BCUT2D eigenvalue weighted by Crippen LogP contribution is 2.56. The van der Waals surface area contributed by atoms with Crippen LogP contribution in [0.2, 0.25) is 0 Å². The molecule has 0 aliphatic carbocycles. The van der Waals surface area contributed by atoms with Gasteiger partial charge in [-0.2, -0.15) is 13.2 Å². The van der Waals surface area contributed by atoms with Crippen LogP contribution in [0.1, 0.15) is 23.6 Å². The Morgan fingerprint density at radius 3 is 1.56 bits per heavy atom. The van der Waals surface area contributed by atoms with Crippen molar-refractivity contribution in [2.24, 2.45) is 5.41 Å². The van der Waals surface area contributed by atoms with Gasteiger partial charge in [0.25, 0.3) is 0 Å². The molecule has 3 aromatic carbocycles. The van der Waals surface area contributed by atoms with Crippen molar-refractivity contribution in [3.8, 4) is 0 Å². The predicted octanol–water partition coefficient (Wildman–Crippen LogP) is 6.55. The Labute approximate surface area is 194 Å². The van der Waals surface area contributed by atoms with Crippen LogP contribution in [0.5, 0.6) is 0 Å². The number of hydrogen-bond acceptors (Lipinski definition) is 3. The van der Waals surface area contributed by atoms with Crippen molar-refractivity contribution in [3.05, 3.63) is 108 Å². The van der Waals surface area contributed by atoms with E-state index in [1.807, 2.05) is 0 Å². The zero-order valence-corrected chi connectivity index (χ0v) is 18.4. The maximum Gasteiger partial charge on any atom is 0.399 e. The monoisotopic (exact) mass is 477 g/mol. The SMILES string of the molecule is CC(CF)(C(F)(F)F)C(C(=O)OF)(c1ccccc1)N(Cc1ccccc1)Cc1ccccc1. The maximum atomic E-state index is 14.6. The minimum atomic E-state index is -5.24. The molecule has 2 atom stereocenters. The molecule has 3 nitrogen and oxygen atoms in total. The Hall–Kier alpha value is -3.26. The Morgan fingerprint density at radius 1 is 0.794 bits per heavy atom. The van der Waals surface area contributed by atoms with Gasteiger partial charge in [0.2, 0.25) is 0 Å². The molecule has 0 spiro atoms. The third-order valence-corrected chi connectivity index (χ3v) is 6.16. The summed E-state index contributed by atoms with van der Waals surface area (Å²) >= 11 is 0. The third-order valence-electron chi connectivity index (χ3n) is 6.16. The number of halogens is 5. The number of carbonyl (C=O) groups is 1. The van der Waals surface area contributed by atoms with E-state index in [0.717, 1.165) is 4.90 Å². The Bertz CT molecular complexity index is 1020. The van der Waals surface area contributed by atoms with Crippen molar-refractivity contribution in [2.75, 3.05) is 6.67 Å². The molecule has 0 bridgehead atoms. The fourth-order valence-electron chi connectivity index (χ4n) is 4.34. The number of alkyl halides is 4. The van der Waals surface area contributed by atoms with Gasteiger partial charge in [-0.25, -0.2) is 4.79 Å². The van der Waals surface area contributed by atoms with Crippen LogP contribution in [0.15, 0.2) is 91.0 Å². The third kappa shape index (κ3) is 4.55. The van der Waals surface area contributed by atoms with E-state index in [1.54, 1.807) is 60.7 Å². The van der Waals surface area contributed by atoms with Gasteiger partial charge >= 0.3 is 12.1 Å². The van der Waals surface area contributed by atoms with Gasteiger partial charge < -0.3 is 0 Å². The summed E-state index contributed by atoms with van der Waals surface area (Å²) in [6.07, 6.45) is -5.24. The van der Waals surface area contributed by atoms with Crippen LogP contribution < -0.4 is 0 Å². The summed E-state index contributed by atoms with van der Waals surface area (Å²) < 4.78 is 72.1. The molecular weight excluding hydrogens is 453 g/mol. The average molecular weight is 477 g/mol. The van der Waals surface area contributed by atoms with E-state index >= 15 is 0 Å². The largest absolute Gasteiger partial charge is 0.399 e. The standard InChI is InChI=1S/C26H24F5NO2/c1-24(19-27,26(28,29)30)25(23(33)34-31,22-15-9-4-10-16-22)32(17-20-11-5-2-6-12-20)18-21-13-7-3-8-14-21/h2-16H,17-19H2,1H3. The molecule has 0 N–H and O–H groups in total. The van der Waals surface area contributed by atoms with E-state index in [9.17, 15) is 26.9 Å². The fraction of sp³-hybridized carbons (Fsp3) is 0.269. The molecule has 34 heavy (non-hydrogen) atoms. The lowest BCUT2D eigenvalue weighted by molar-refractivity contribution is -0.283. The smallest absolute Gasteiger partial charge is 0.275 e. The summed E-state index contributed by atoms with van der Waals surface area (Å²) in [5, 5.41) is 0. The average Bonchev–Trinajstić information content (AvgIpc) is 2.85. The van der Waals surface area contributed by atoms with Crippen LogP contribution in [0.3, 0.4) is 0 Å². The van der Waals surface area contributed by atoms with Gasteiger partial charge in [0, 0.05) is 17.6 Å². The Balaban J connectivity index is 2.37. The number of benzene rings is 3. The zero-order chi connectivity index (χ0) is 24.8. The van der Waals surface area contributed by atoms with E-state index in [2.05, 4.69) is 4.94 Å². The maximum absolute atomic E-state index is 14.6. The normalized spacial score (nSPS) is 15.4. The number of hydrogen-bond donors (Lipinski definition) is 0. The molecule has 0 heterocycles. The van der Waals surface area contributed by atoms with Gasteiger partial charge in [-0.3, -0.25) is 14.2 Å². The fourth-order valence-corrected chi connectivity index (χ4v) is 4.34. The van der Waals surface area contributed by atoms with Gasteiger partial charge in [0.05, 0.1) is 0 Å². The van der Waals surface area contributed by atoms with E-state index < -0.39 is 29.8 Å². The second-order valence-corrected chi connectivity index (χ2v) is 8.23. The van der Waals surface area contributed by atoms with Gasteiger partial charge in [0.15, 0.2) is 5.54 Å². The minimum Gasteiger partial charge on any atom is -0.275 e. The molecule has 0 amide bonds. The van der Waals surface area contributed by atoms with Crippen LogP contribution in [-0.4, -0.2) is 23.7 Å². The van der Waals surface area contributed by atoms with Crippen molar-refractivity contribution in [1.82, 2.24) is 4.90 Å². The minimum absolute atomic E-state index is 0.217. The molecule has 0 saturated carbocycles. The molecule has 0 saturated heterocycles. The van der Waals surface area contributed by atoms with Crippen molar-refractivity contribution in [3.63, 3.8) is 0 Å². The van der Waals surface area contributed by atoms with E-state index in [4.69, 9.17) is 0 Å². The second kappa shape index (κ2) is 10.3. The lowest BCUT2D eigenvalue weighted by atomic mass is 9.65. The second-order valence-electron chi connectivity index (χ2n) is 8.23. The van der Waals surface area contributed by atoms with Gasteiger partial charge in [-0.15, -0.1) is 0 Å². The highest BCUT2D eigenvalue weighted by Gasteiger charge is 2.71. The summed E-state index contributed by atoms with van der Waals surface area (Å²) in [4.78, 5) is 17.9. The number of rotatable bonds is 9. The molecule has 0 radical (unpaired) electrons. The summed E-state index contributed by atoms with van der Waals surface area (Å²) in [7, 11) is 0. The van der Waals surface area contributed by atoms with Crippen LogP contribution in [0.4, 0.5) is 22.1 Å². The van der Waals surface area contributed by atoms with Crippen LogP contribution >= 0.6 is 0 Å². The topological polar surface area (TPSA) is 29.5 Å². The van der Waals surface area contributed by atoms with Crippen LogP contribution in [0, 0.1) is 5.41 Å². The molecule has 2 unspecified atom stereocenters. The Kier molecular flexibility index (Phi) is 7.71. The molecule has 0 aromatic heterocycles. The van der Waals surface area contributed by atoms with Crippen molar-refractivity contribution in [1.29, 1.82) is 0 Å². The van der Waals surface area contributed by atoms with E-state index in [-0.39, 0.29) is 18.7 Å². The molecule has 0 aliphatic heterocycles. The molecule has 0 aliphatic rings. The van der Waals surface area contributed by atoms with Gasteiger partial charge in [-0.1, -0.05) is 91.0 Å². The number of carbonyl (C=O) groups excluding carboxylic acids is 1. The lowest BCUT2D eigenvalue weighted by Gasteiger charge is -2.51. The predicted molar refractivity (Wildman–Crippen MR) is 118 cm³/mol. The molecule has 8 heteroatoms. The molecule has 0 fully saturated rings. The van der Waals surface area contributed by atoms with Crippen molar-refractivity contribution in [2.45, 2.75) is 31.7 Å².